The van der Waals surface area contributed by atoms with Crippen LogP contribution in [0.25, 0.3) is 0 Å². The van der Waals surface area contributed by atoms with Crippen molar-refractivity contribution in [2.75, 3.05) is 87.3 Å². The number of piperazine rings is 1. The summed E-state index contributed by atoms with van der Waals surface area (Å²) < 4.78 is 5.95. The zero-order valence-electron chi connectivity index (χ0n) is 35.3. The standard InChI is InChI=1S/C47H59N7O6/c1-47(2)43(54(46(47)59)38-6-4-5-7-40(38)55)37-11-9-35(27-41(37)60-3)52-20-16-32(17-21-52)29-50-24-22-49(23-25-50)28-31-14-18-51(19-15-31)34-8-10-36-33(26-34)30-53(45(36)58)39-12-13-42(56)48-44(39)57/h4-11,26-27,31-32,39,43,55H,12-25,28-30H2,1-3H3,(H,48,56,57)/t39?,43-/m0/s1. The van der Waals surface area contributed by atoms with Gasteiger partial charge >= 0.3 is 0 Å². The van der Waals surface area contributed by atoms with Crippen LogP contribution in [0.15, 0.2) is 60.7 Å². The van der Waals surface area contributed by atoms with Gasteiger partial charge in [-0.2, -0.15) is 0 Å². The second-order valence-corrected chi connectivity index (χ2v) is 18.4. The Morgan fingerprint density at radius 2 is 1.35 bits per heavy atom. The van der Waals surface area contributed by atoms with E-state index in [1.54, 1.807) is 35.1 Å². The van der Waals surface area contributed by atoms with E-state index in [1.807, 2.05) is 26.0 Å². The monoisotopic (exact) mass is 817 g/mol. The first kappa shape index (κ1) is 40.3. The van der Waals surface area contributed by atoms with Gasteiger partial charge in [0.25, 0.3) is 5.91 Å². The van der Waals surface area contributed by atoms with Crippen molar-refractivity contribution in [3.8, 4) is 11.5 Å². The first-order chi connectivity index (χ1) is 29.0. The van der Waals surface area contributed by atoms with Crippen molar-refractivity contribution < 1.29 is 29.0 Å². The molecule has 0 aromatic heterocycles. The number of phenolic OH excluding ortho intramolecular Hbond substituents is 1. The highest BCUT2D eigenvalue weighted by Gasteiger charge is 2.57. The van der Waals surface area contributed by atoms with E-state index in [0.717, 1.165) is 119 Å². The van der Waals surface area contributed by atoms with E-state index in [-0.39, 0.29) is 41.8 Å². The number of amides is 4. The molecule has 9 rings (SSSR count). The number of hydrogen-bond acceptors (Lipinski definition) is 10. The number of aromatic hydroxyl groups is 1. The van der Waals surface area contributed by atoms with Crippen molar-refractivity contribution in [1.29, 1.82) is 0 Å². The van der Waals surface area contributed by atoms with Crippen molar-refractivity contribution >= 4 is 40.7 Å². The predicted octanol–water partition coefficient (Wildman–Crippen LogP) is 5.03. The van der Waals surface area contributed by atoms with Gasteiger partial charge in [0, 0.05) is 107 Å². The molecule has 5 saturated heterocycles. The first-order valence-electron chi connectivity index (χ1n) is 22.0. The maximum atomic E-state index is 13.3. The normalized spacial score (nSPS) is 24.4. The summed E-state index contributed by atoms with van der Waals surface area (Å²) in [5, 5.41) is 13.0. The second kappa shape index (κ2) is 16.4. The number of phenols is 1. The number of carbonyl (C=O) groups excluding carboxylic acids is 4. The number of methoxy groups -OCH3 is 1. The highest BCUT2D eigenvalue weighted by atomic mass is 16.5. The Balaban J connectivity index is 0.713. The lowest BCUT2D eigenvalue weighted by atomic mass is 9.70. The van der Waals surface area contributed by atoms with Gasteiger partial charge in [-0.25, -0.2) is 0 Å². The van der Waals surface area contributed by atoms with Crippen molar-refractivity contribution in [1.82, 2.24) is 20.0 Å². The molecular formula is C47H59N7O6. The molecule has 1 unspecified atom stereocenters. The van der Waals surface area contributed by atoms with Crippen molar-refractivity contribution in [2.45, 2.75) is 71.0 Å². The molecule has 2 atom stereocenters. The lowest BCUT2D eigenvalue weighted by Gasteiger charge is -2.53. The zero-order valence-corrected chi connectivity index (χ0v) is 35.3. The maximum Gasteiger partial charge on any atom is 0.255 e. The Kier molecular flexibility index (Phi) is 11.0. The Hall–Kier alpha value is -5.14. The summed E-state index contributed by atoms with van der Waals surface area (Å²) in [6, 6.07) is 18.7. The van der Waals surface area contributed by atoms with Crippen LogP contribution < -0.4 is 24.8 Å². The van der Waals surface area contributed by atoms with Crippen LogP contribution in [0.4, 0.5) is 17.1 Å². The van der Waals surface area contributed by atoms with Gasteiger partial charge in [-0.3, -0.25) is 29.4 Å². The number of anilines is 3. The minimum absolute atomic E-state index is 0.0153. The number of ether oxygens (including phenoxy) is 1. The third kappa shape index (κ3) is 7.59. The Bertz CT molecular complexity index is 2140. The second-order valence-electron chi connectivity index (χ2n) is 18.4. The van der Waals surface area contributed by atoms with Crippen LogP contribution in [-0.2, 0) is 20.9 Å². The lowest BCUT2D eigenvalue weighted by molar-refractivity contribution is -0.138. The molecule has 13 nitrogen and oxygen atoms in total. The number of carbonyl (C=O) groups is 4. The molecule has 6 aliphatic rings. The van der Waals surface area contributed by atoms with E-state index < -0.39 is 11.5 Å². The summed E-state index contributed by atoms with van der Waals surface area (Å²) >= 11 is 0. The molecule has 13 heteroatoms. The zero-order chi connectivity index (χ0) is 41.7. The minimum Gasteiger partial charge on any atom is -0.506 e. The molecule has 6 heterocycles. The molecule has 2 N–H and O–H groups in total. The molecule has 3 aromatic rings. The van der Waals surface area contributed by atoms with Gasteiger partial charge in [-0.05, 0) is 99.7 Å². The molecular weight excluding hydrogens is 759 g/mol. The number of nitrogens with one attached hydrogen (secondary N) is 1. The van der Waals surface area contributed by atoms with Crippen LogP contribution >= 0.6 is 0 Å². The van der Waals surface area contributed by atoms with Crippen molar-refractivity contribution in [3.63, 3.8) is 0 Å². The van der Waals surface area contributed by atoms with Gasteiger partial charge < -0.3 is 34.3 Å². The molecule has 5 fully saturated rings. The summed E-state index contributed by atoms with van der Waals surface area (Å²) in [5.74, 6) is 1.46. The average molecular weight is 818 g/mol. The third-order valence-corrected chi connectivity index (χ3v) is 14.3. The summed E-state index contributed by atoms with van der Waals surface area (Å²) in [4.78, 5) is 64.1. The molecule has 318 valence electrons. The van der Waals surface area contributed by atoms with Crippen LogP contribution in [0.5, 0.6) is 11.5 Å². The molecule has 3 aromatic carbocycles. The number of fused-ring (bicyclic) bond motifs is 1. The van der Waals surface area contributed by atoms with Gasteiger partial charge in [0.2, 0.25) is 17.7 Å². The summed E-state index contributed by atoms with van der Waals surface area (Å²) in [7, 11) is 1.69. The van der Waals surface area contributed by atoms with Gasteiger partial charge in [0.05, 0.1) is 24.3 Å². The number of para-hydroxylation sites is 2. The van der Waals surface area contributed by atoms with Gasteiger partial charge in [0.15, 0.2) is 0 Å². The van der Waals surface area contributed by atoms with Gasteiger partial charge in [0.1, 0.15) is 17.5 Å². The molecule has 60 heavy (non-hydrogen) atoms. The van der Waals surface area contributed by atoms with E-state index >= 15 is 0 Å². The number of imide groups is 1. The fraction of sp³-hybridized carbons (Fsp3) is 0.532. The molecule has 6 aliphatic heterocycles. The van der Waals surface area contributed by atoms with Gasteiger partial charge in [-0.1, -0.05) is 18.2 Å². The number of hydrogen-bond donors (Lipinski definition) is 2. The van der Waals surface area contributed by atoms with E-state index in [9.17, 15) is 24.3 Å². The van der Waals surface area contributed by atoms with E-state index in [4.69, 9.17) is 4.74 Å². The highest BCUT2D eigenvalue weighted by Crippen LogP contribution is 2.55. The quantitative estimate of drug-likeness (QED) is 0.213. The number of piperidine rings is 3. The predicted molar refractivity (Wildman–Crippen MR) is 230 cm³/mol. The lowest BCUT2D eigenvalue weighted by Crippen LogP contribution is -2.61. The SMILES string of the molecule is COc1cc(N2CCC(CN3CCN(CC4CCN(c5ccc6c(c5)CN(C5CCC(=O)NC5=O)C6=O)CC4)CC3)CC2)ccc1[C@@H]1N(c2ccccc2O)C(=O)C1(C)C. The Morgan fingerprint density at radius 1 is 0.750 bits per heavy atom. The highest BCUT2D eigenvalue weighted by molar-refractivity contribution is 6.07. The largest absolute Gasteiger partial charge is 0.506 e. The summed E-state index contributed by atoms with van der Waals surface area (Å²) in [6.07, 6.45) is 5.27. The maximum absolute atomic E-state index is 13.3. The summed E-state index contributed by atoms with van der Waals surface area (Å²) in [6.45, 7) is 15.2. The molecule has 0 aliphatic carbocycles. The van der Waals surface area contributed by atoms with Crippen LogP contribution in [0, 0.1) is 17.3 Å². The molecule has 4 amide bonds. The number of β-lactam (4-membered cyclic amide) rings is 1. The van der Waals surface area contributed by atoms with E-state index in [0.29, 0.717) is 36.1 Å². The Labute approximate surface area is 353 Å². The Morgan fingerprint density at radius 3 is 1.95 bits per heavy atom. The third-order valence-electron chi connectivity index (χ3n) is 14.3. The molecule has 0 saturated carbocycles. The fourth-order valence-electron chi connectivity index (χ4n) is 10.8. The first-order valence-corrected chi connectivity index (χ1v) is 22.0. The molecule has 0 bridgehead atoms. The van der Waals surface area contributed by atoms with Crippen LogP contribution in [0.3, 0.4) is 0 Å². The summed E-state index contributed by atoms with van der Waals surface area (Å²) in [5.41, 5.74) is 4.77. The van der Waals surface area contributed by atoms with Crippen LogP contribution in [-0.4, -0.2) is 122 Å². The number of nitrogens with zero attached hydrogens (tertiary/aromatic N) is 6. The average Bonchev–Trinajstić information content (AvgIpc) is 3.58. The van der Waals surface area contributed by atoms with E-state index in [2.05, 4.69) is 55.2 Å². The number of benzene rings is 3. The van der Waals surface area contributed by atoms with Crippen LogP contribution in [0.2, 0.25) is 0 Å². The number of rotatable bonds is 10. The van der Waals surface area contributed by atoms with Crippen molar-refractivity contribution in [2.24, 2.45) is 17.3 Å². The molecule has 0 radical (unpaired) electrons. The fourth-order valence-corrected chi connectivity index (χ4v) is 10.8. The smallest absolute Gasteiger partial charge is 0.255 e. The minimum atomic E-state index is -0.623. The van der Waals surface area contributed by atoms with Crippen molar-refractivity contribution in [3.05, 3.63) is 77.4 Å². The molecule has 0 spiro atoms. The topological polar surface area (TPSA) is 129 Å². The van der Waals surface area contributed by atoms with Gasteiger partial charge in [-0.15, -0.1) is 0 Å². The van der Waals surface area contributed by atoms with Crippen LogP contribution in [0.1, 0.15) is 79.9 Å². The van der Waals surface area contributed by atoms with E-state index in [1.165, 1.54) is 0 Å².